The maximum absolute atomic E-state index is 13.8. The summed E-state index contributed by atoms with van der Waals surface area (Å²) in [6.45, 7) is 6.26. The first-order chi connectivity index (χ1) is 27.9. The number of Topliss-reactive ketones (excluding diaryl/α,β-unsaturated/α-hetero) is 1. The minimum Gasteiger partial charge on any atom is -0.393 e. The Morgan fingerprint density at radius 1 is 0.368 bits per heavy atom. The number of unbranched alkanes of at least 4 members (excludes halogenated alkanes) is 37. The molecule has 0 aliphatic rings. The molecular formula is C53H104O4. The predicted molar refractivity (Wildman–Crippen MR) is 251 cm³/mol. The fourth-order valence-electron chi connectivity index (χ4n) is 8.80. The van der Waals surface area contributed by atoms with Gasteiger partial charge in [-0.2, -0.15) is 0 Å². The molecule has 0 fully saturated rings. The number of carbonyl (C=O) groups is 1. The molecule has 0 saturated carbocycles. The second-order valence-electron chi connectivity index (χ2n) is 18.5. The Bertz CT molecular complexity index is 841. The van der Waals surface area contributed by atoms with Crippen molar-refractivity contribution < 1.29 is 20.1 Å². The fraction of sp³-hybridized carbons (Fsp3) is 0.943. The molecule has 57 heavy (non-hydrogen) atoms. The summed E-state index contributed by atoms with van der Waals surface area (Å²) >= 11 is 0. The zero-order valence-electron chi connectivity index (χ0n) is 39.2. The molecule has 0 rings (SSSR count). The first kappa shape index (κ1) is 56.3. The van der Waals surface area contributed by atoms with Gasteiger partial charge >= 0.3 is 0 Å². The number of carbonyl (C=O) groups excluding carboxylic acids is 1. The quantitative estimate of drug-likeness (QED) is 0.0423. The second-order valence-corrected chi connectivity index (χ2v) is 18.5. The average molecular weight is 805 g/mol. The van der Waals surface area contributed by atoms with Crippen molar-refractivity contribution >= 4 is 5.78 Å². The van der Waals surface area contributed by atoms with E-state index in [0.29, 0.717) is 6.42 Å². The largest absolute Gasteiger partial charge is 0.393 e. The van der Waals surface area contributed by atoms with Crippen molar-refractivity contribution in [2.24, 2.45) is 0 Å². The molecule has 340 valence electrons. The lowest BCUT2D eigenvalue weighted by Gasteiger charge is -2.42. The van der Waals surface area contributed by atoms with Crippen molar-refractivity contribution in [1.82, 2.24) is 0 Å². The molecular weight excluding hydrogens is 701 g/mol. The van der Waals surface area contributed by atoms with E-state index in [0.717, 1.165) is 57.8 Å². The molecule has 4 heteroatoms. The first-order valence-electron chi connectivity index (χ1n) is 26.2. The Morgan fingerprint density at radius 2 is 0.632 bits per heavy atom. The van der Waals surface area contributed by atoms with Gasteiger partial charge in [0.25, 0.3) is 0 Å². The number of hydrogen-bond acceptors (Lipinski definition) is 4. The van der Waals surface area contributed by atoms with Crippen LogP contribution in [0.3, 0.4) is 0 Å². The Labute approximate surface area is 358 Å². The van der Waals surface area contributed by atoms with Gasteiger partial charge in [-0.15, -0.1) is 0 Å². The summed E-state index contributed by atoms with van der Waals surface area (Å²) in [7, 11) is 0. The van der Waals surface area contributed by atoms with Crippen LogP contribution in [0.4, 0.5) is 0 Å². The maximum atomic E-state index is 13.8. The normalized spacial score (nSPS) is 14.1. The van der Waals surface area contributed by atoms with Gasteiger partial charge in [-0.05, 0) is 44.9 Å². The van der Waals surface area contributed by atoms with E-state index >= 15 is 0 Å². The van der Waals surface area contributed by atoms with Crippen LogP contribution in [0.15, 0.2) is 12.2 Å². The minimum atomic E-state index is -1.86. The van der Waals surface area contributed by atoms with Crippen molar-refractivity contribution in [3.63, 3.8) is 0 Å². The lowest BCUT2D eigenvalue weighted by Crippen LogP contribution is -2.61. The SMILES string of the molecule is CCCCCCCC/C=C\CCCCCCCC(=O)C(O)(CCCCCCCCCCCCCCCC)C(O)(CO)CCCCCCCCCCCCCCCC. The number of ketones is 1. The molecule has 0 spiro atoms. The van der Waals surface area contributed by atoms with Gasteiger partial charge in [-0.3, -0.25) is 4.79 Å². The highest BCUT2D eigenvalue weighted by Gasteiger charge is 2.52. The summed E-state index contributed by atoms with van der Waals surface area (Å²) in [4.78, 5) is 13.8. The van der Waals surface area contributed by atoms with Gasteiger partial charge in [-0.1, -0.05) is 264 Å². The summed E-state index contributed by atoms with van der Waals surface area (Å²) < 4.78 is 0. The lowest BCUT2D eigenvalue weighted by atomic mass is 9.72. The van der Waals surface area contributed by atoms with Crippen LogP contribution < -0.4 is 0 Å². The summed E-state index contributed by atoms with van der Waals surface area (Å²) in [5.41, 5.74) is -3.63. The van der Waals surface area contributed by atoms with Gasteiger partial charge in [0.2, 0.25) is 0 Å². The maximum Gasteiger partial charge on any atom is 0.167 e. The van der Waals surface area contributed by atoms with Crippen molar-refractivity contribution in [2.75, 3.05) is 6.61 Å². The van der Waals surface area contributed by atoms with E-state index in [1.165, 1.54) is 199 Å². The molecule has 0 aliphatic carbocycles. The van der Waals surface area contributed by atoms with Crippen LogP contribution in [0.1, 0.15) is 303 Å². The Kier molecular flexibility index (Phi) is 42.8. The molecule has 2 atom stereocenters. The summed E-state index contributed by atoms with van der Waals surface area (Å²) in [6.07, 6.45) is 56.1. The van der Waals surface area contributed by atoms with Crippen LogP contribution >= 0.6 is 0 Å². The zero-order chi connectivity index (χ0) is 41.8. The van der Waals surface area contributed by atoms with Crippen LogP contribution in [0, 0.1) is 0 Å². The topological polar surface area (TPSA) is 77.8 Å². The monoisotopic (exact) mass is 805 g/mol. The van der Waals surface area contributed by atoms with E-state index in [2.05, 4.69) is 32.9 Å². The van der Waals surface area contributed by atoms with Gasteiger partial charge in [0.1, 0.15) is 5.60 Å². The Morgan fingerprint density at radius 3 is 0.947 bits per heavy atom. The van der Waals surface area contributed by atoms with Crippen LogP contribution in [0.2, 0.25) is 0 Å². The lowest BCUT2D eigenvalue weighted by molar-refractivity contribution is -0.190. The van der Waals surface area contributed by atoms with E-state index in [1.54, 1.807) is 0 Å². The van der Waals surface area contributed by atoms with E-state index in [4.69, 9.17) is 0 Å². The molecule has 2 unspecified atom stereocenters. The van der Waals surface area contributed by atoms with Crippen molar-refractivity contribution in [2.45, 2.75) is 314 Å². The van der Waals surface area contributed by atoms with Crippen molar-refractivity contribution in [1.29, 1.82) is 0 Å². The van der Waals surface area contributed by atoms with Gasteiger partial charge in [-0.25, -0.2) is 0 Å². The molecule has 0 aliphatic heterocycles. The van der Waals surface area contributed by atoms with E-state index < -0.39 is 17.8 Å². The van der Waals surface area contributed by atoms with Crippen LogP contribution in [-0.4, -0.2) is 38.9 Å². The molecule has 4 nitrogen and oxygen atoms in total. The molecule has 0 aromatic heterocycles. The highest BCUT2D eigenvalue weighted by molar-refractivity contribution is 5.88. The minimum absolute atomic E-state index is 0.253. The van der Waals surface area contributed by atoms with Gasteiger partial charge < -0.3 is 15.3 Å². The highest BCUT2D eigenvalue weighted by Crippen LogP contribution is 2.35. The number of aliphatic hydroxyl groups excluding tert-OH is 1. The Hall–Kier alpha value is -0.710. The van der Waals surface area contributed by atoms with Crippen LogP contribution in [0.25, 0.3) is 0 Å². The molecule has 0 amide bonds. The molecule has 0 heterocycles. The predicted octanol–water partition coefficient (Wildman–Crippen LogP) is 16.8. The number of allylic oxidation sites excluding steroid dienone is 2. The summed E-state index contributed by atoms with van der Waals surface area (Å²) in [5, 5.41) is 34.4. The first-order valence-corrected chi connectivity index (χ1v) is 26.2. The summed E-state index contributed by atoms with van der Waals surface area (Å²) in [6, 6.07) is 0. The third-order valence-electron chi connectivity index (χ3n) is 13.0. The van der Waals surface area contributed by atoms with E-state index in [-0.39, 0.29) is 25.0 Å². The third kappa shape index (κ3) is 33.7. The van der Waals surface area contributed by atoms with Gasteiger partial charge in [0, 0.05) is 6.42 Å². The fourth-order valence-corrected chi connectivity index (χ4v) is 8.80. The second kappa shape index (κ2) is 43.4. The molecule has 0 bridgehead atoms. The molecule has 0 aromatic carbocycles. The number of hydrogen-bond donors (Lipinski definition) is 3. The summed E-state index contributed by atoms with van der Waals surface area (Å²) in [5.74, 6) is -0.253. The van der Waals surface area contributed by atoms with Crippen LogP contribution in [0.5, 0.6) is 0 Å². The van der Waals surface area contributed by atoms with Gasteiger partial charge in [0.05, 0.1) is 6.61 Å². The van der Waals surface area contributed by atoms with Gasteiger partial charge in [0.15, 0.2) is 11.4 Å². The van der Waals surface area contributed by atoms with Crippen LogP contribution in [-0.2, 0) is 4.79 Å². The van der Waals surface area contributed by atoms with E-state index in [9.17, 15) is 20.1 Å². The van der Waals surface area contributed by atoms with E-state index in [1.807, 2.05) is 0 Å². The smallest absolute Gasteiger partial charge is 0.167 e. The standard InChI is InChI=1S/C53H104O4/c1-4-7-10-13-16-19-22-25-28-29-32-35-38-41-44-47-51(55)53(57,49-46-43-40-37-34-31-27-24-21-18-15-12-9-6-3)52(56,50-54)48-45-42-39-36-33-30-26-23-20-17-14-11-8-5-2/h25,28,54,56-57H,4-24,26-27,29-50H2,1-3H3/b28-25-. The average Bonchev–Trinajstić information content (AvgIpc) is 3.22. The molecule has 0 aromatic rings. The number of aliphatic hydroxyl groups is 3. The highest BCUT2D eigenvalue weighted by atomic mass is 16.4. The molecule has 3 N–H and O–H groups in total. The Balaban J connectivity index is 4.65. The van der Waals surface area contributed by atoms with Crippen molar-refractivity contribution in [3.05, 3.63) is 12.2 Å². The van der Waals surface area contributed by atoms with Crippen molar-refractivity contribution in [3.8, 4) is 0 Å². The zero-order valence-corrected chi connectivity index (χ0v) is 39.2. The molecule has 0 radical (unpaired) electrons. The number of rotatable bonds is 48. The third-order valence-corrected chi connectivity index (χ3v) is 13.0. The molecule has 0 saturated heterocycles.